The van der Waals surface area contributed by atoms with Crippen LogP contribution in [-0.2, 0) is 7.05 Å². The summed E-state index contributed by atoms with van der Waals surface area (Å²) in [5.41, 5.74) is 1.71. The summed E-state index contributed by atoms with van der Waals surface area (Å²) in [5.74, 6) is 1.30. The van der Waals surface area contributed by atoms with Gasteiger partial charge < -0.3 is 24.1 Å². The van der Waals surface area contributed by atoms with E-state index in [4.69, 9.17) is 14.2 Å². The van der Waals surface area contributed by atoms with E-state index in [0.29, 0.717) is 51.1 Å². The Labute approximate surface area is 241 Å². The Balaban J connectivity index is 1.37. The van der Waals surface area contributed by atoms with E-state index in [1.165, 1.54) is 38.5 Å². The van der Waals surface area contributed by atoms with Gasteiger partial charge in [0.25, 0.3) is 0 Å². The fourth-order valence-electron chi connectivity index (χ4n) is 4.60. The van der Waals surface area contributed by atoms with E-state index in [1.807, 2.05) is 13.8 Å². The molecular formula is C31H29F2N5O4. The number of halogens is 2. The fourth-order valence-corrected chi connectivity index (χ4v) is 4.60. The SMILES string of the molecule is COc1cc2nccc(Oc3ccc(NC(=O)Nc4c(-c5cccc(F)c5)nc(C(C)C)n4C)cc3F)c2cc1OC. The number of carbonyl (C=O) groups excluding carboxylic acids is 1. The first-order valence-electron chi connectivity index (χ1n) is 13.1. The van der Waals surface area contributed by atoms with Crippen molar-refractivity contribution in [2.75, 3.05) is 24.9 Å². The Morgan fingerprint density at radius 3 is 2.36 bits per heavy atom. The number of fused-ring (bicyclic) bond motifs is 1. The monoisotopic (exact) mass is 573 g/mol. The van der Waals surface area contributed by atoms with Crippen LogP contribution in [-0.4, -0.2) is 34.8 Å². The number of nitrogens with one attached hydrogen (secondary N) is 2. The van der Waals surface area contributed by atoms with Gasteiger partial charge in [-0.3, -0.25) is 10.3 Å². The van der Waals surface area contributed by atoms with E-state index in [9.17, 15) is 9.18 Å². The van der Waals surface area contributed by atoms with Crippen molar-refractivity contribution in [1.82, 2.24) is 14.5 Å². The molecule has 42 heavy (non-hydrogen) atoms. The molecule has 2 heterocycles. The van der Waals surface area contributed by atoms with Crippen LogP contribution in [0.25, 0.3) is 22.2 Å². The molecule has 2 N–H and O–H groups in total. The molecule has 5 aromatic rings. The van der Waals surface area contributed by atoms with E-state index in [1.54, 1.807) is 48.1 Å². The van der Waals surface area contributed by atoms with E-state index in [-0.39, 0.29) is 17.4 Å². The number of hydrogen-bond donors (Lipinski definition) is 2. The molecule has 0 atom stereocenters. The van der Waals surface area contributed by atoms with E-state index in [0.717, 1.165) is 6.07 Å². The average Bonchev–Trinajstić information content (AvgIpc) is 3.29. The molecule has 0 aliphatic heterocycles. The second-order valence-electron chi connectivity index (χ2n) is 9.75. The molecule has 216 valence electrons. The zero-order chi connectivity index (χ0) is 30.0. The van der Waals surface area contributed by atoms with Crippen LogP contribution >= 0.6 is 0 Å². The van der Waals surface area contributed by atoms with Crippen LogP contribution in [0, 0.1) is 11.6 Å². The highest BCUT2D eigenvalue weighted by Crippen LogP contribution is 2.38. The van der Waals surface area contributed by atoms with Gasteiger partial charge in [0.2, 0.25) is 0 Å². The minimum absolute atomic E-state index is 0.0446. The second kappa shape index (κ2) is 11.7. The van der Waals surface area contributed by atoms with Crippen molar-refractivity contribution in [2.24, 2.45) is 7.05 Å². The summed E-state index contributed by atoms with van der Waals surface area (Å²) in [6, 6.07) is 14.5. The number of ether oxygens (including phenoxy) is 3. The molecule has 0 saturated carbocycles. The number of rotatable bonds is 8. The Morgan fingerprint density at radius 1 is 0.905 bits per heavy atom. The van der Waals surface area contributed by atoms with Crippen LogP contribution < -0.4 is 24.8 Å². The van der Waals surface area contributed by atoms with Gasteiger partial charge in [0.15, 0.2) is 23.1 Å². The molecule has 0 aliphatic carbocycles. The van der Waals surface area contributed by atoms with Gasteiger partial charge in [0.1, 0.15) is 28.9 Å². The minimum atomic E-state index is -0.693. The summed E-state index contributed by atoms with van der Waals surface area (Å²) in [4.78, 5) is 22.0. The van der Waals surface area contributed by atoms with Gasteiger partial charge in [-0.05, 0) is 36.4 Å². The second-order valence-corrected chi connectivity index (χ2v) is 9.75. The van der Waals surface area contributed by atoms with Gasteiger partial charge in [-0.2, -0.15) is 0 Å². The summed E-state index contributed by atoms with van der Waals surface area (Å²) in [5, 5.41) is 6.01. The molecular weight excluding hydrogens is 544 g/mol. The number of methoxy groups -OCH3 is 2. The molecule has 0 fully saturated rings. The van der Waals surface area contributed by atoms with Crippen molar-refractivity contribution >= 4 is 28.4 Å². The lowest BCUT2D eigenvalue weighted by Crippen LogP contribution is -2.21. The normalized spacial score (nSPS) is 11.0. The molecule has 0 unspecified atom stereocenters. The molecule has 0 spiro atoms. The molecule has 9 nitrogen and oxygen atoms in total. The van der Waals surface area contributed by atoms with Crippen molar-refractivity contribution in [3.8, 4) is 34.3 Å². The Kier molecular flexibility index (Phi) is 7.92. The highest BCUT2D eigenvalue weighted by Gasteiger charge is 2.21. The van der Waals surface area contributed by atoms with Crippen LogP contribution in [0.5, 0.6) is 23.0 Å². The van der Waals surface area contributed by atoms with Crippen LogP contribution in [0.1, 0.15) is 25.6 Å². The molecule has 0 bridgehead atoms. The summed E-state index contributed by atoms with van der Waals surface area (Å²) in [6.45, 7) is 3.94. The Morgan fingerprint density at radius 2 is 1.67 bits per heavy atom. The molecule has 0 aliphatic rings. The van der Waals surface area contributed by atoms with Gasteiger partial charge in [-0.1, -0.05) is 26.0 Å². The highest BCUT2D eigenvalue weighted by molar-refractivity contribution is 6.01. The molecule has 2 aromatic heterocycles. The first-order chi connectivity index (χ1) is 20.2. The molecule has 5 rings (SSSR count). The molecule has 0 saturated heterocycles. The summed E-state index contributed by atoms with van der Waals surface area (Å²) in [6.07, 6.45) is 1.54. The quantitative estimate of drug-likeness (QED) is 0.200. The van der Waals surface area contributed by atoms with Crippen LogP contribution in [0.3, 0.4) is 0 Å². The predicted octanol–water partition coefficient (Wildman–Crippen LogP) is 7.49. The smallest absolute Gasteiger partial charge is 0.324 e. The molecule has 2 amide bonds. The summed E-state index contributed by atoms with van der Waals surface area (Å²) < 4.78 is 47.4. The number of amides is 2. The third-order valence-electron chi connectivity index (χ3n) is 6.59. The van der Waals surface area contributed by atoms with Crippen molar-refractivity contribution in [3.05, 3.63) is 84.3 Å². The highest BCUT2D eigenvalue weighted by atomic mass is 19.1. The third-order valence-corrected chi connectivity index (χ3v) is 6.59. The van der Waals surface area contributed by atoms with E-state index < -0.39 is 17.7 Å². The standard InChI is InChI=1S/C31H29F2N5O4/c1-17(2)29-36-28(18-7-6-8-19(32)13-18)30(38(29)3)37-31(39)35-20-9-10-25(22(33)14-20)42-24-11-12-34-23-16-27(41-5)26(40-4)15-21(23)24/h6-17H,1-5H3,(H2,35,37,39). The lowest BCUT2D eigenvalue weighted by Gasteiger charge is -2.14. The Bertz CT molecular complexity index is 1790. The number of urea groups is 1. The number of hydrogen-bond acceptors (Lipinski definition) is 6. The van der Waals surface area contributed by atoms with Crippen molar-refractivity contribution in [2.45, 2.75) is 19.8 Å². The van der Waals surface area contributed by atoms with Gasteiger partial charge in [-0.25, -0.2) is 18.6 Å². The topological polar surface area (TPSA) is 99.5 Å². The van der Waals surface area contributed by atoms with Gasteiger partial charge in [0, 0.05) is 47.9 Å². The molecule has 3 aromatic carbocycles. The number of carbonyl (C=O) groups is 1. The van der Waals surface area contributed by atoms with Crippen LogP contribution in [0.4, 0.5) is 25.1 Å². The summed E-state index contributed by atoms with van der Waals surface area (Å²) in [7, 11) is 4.81. The van der Waals surface area contributed by atoms with Gasteiger partial charge in [0.05, 0.1) is 19.7 Å². The van der Waals surface area contributed by atoms with Gasteiger partial charge >= 0.3 is 6.03 Å². The van der Waals surface area contributed by atoms with Gasteiger partial charge in [-0.15, -0.1) is 0 Å². The largest absolute Gasteiger partial charge is 0.493 e. The first-order valence-corrected chi connectivity index (χ1v) is 13.1. The van der Waals surface area contributed by atoms with Crippen LogP contribution in [0.15, 0.2) is 66.9 Å². The third kappa shape index (κ3) is 5.67. The molecule has 0 radical (unpaired) electrons. The van der Waals surface area contributed by atoms with Crippen molar-refractivity contribution in [3.63, 3.8) is 0 Å². The number of benzene rings is 3. The maximum atomic E-state index is 15.2. The van der Waals surface area contributed by atoms with Crippen molar-refractivity contribution in [1.29, 1.82) is 0 Å². The Hall–Kier alpha value is -5.19. The number of nitrogens with zero attached hydrogens (tertiary/aromatic N) is 3. The number of anilines is 2. The predicted molar refractivity (Wildman–Crippen MR) is 157 cm³/mol. The van der Waals surface area contributed by atoms with Crippen molar-refractivity contribution < 1.29 is 27.8 Å². The fraction of sp³-hybridized carbons (Fsp3) is 0.194. The first kappa shape index (κ1) is 28.3. The lowest BCUT2D eigenvalue weighted by atomic mass is 10.1. The average molecular weight is 574 g/mol. The maximum absolute atomic E-state index is 15.2. The minimum Gasteiger partial charge on any atom is -0.493 e. The zero-order valence-corrected chi connectivity index (χ0v) is 23.7. The van der Waals surface area contributed by atoms with Crippen LogP contribution in [0.2, 0.25) is 0 Å². The summed E-state index contributed by atoms with van der Waals surface area (Å²) >= 11 is 0. The number of imidazole rings is 1. The lowest BCUT2D eigenvalue weighted by molar-refractivity contribution is 0.262. The zero-order valence-electron chi connectivity index (χ0n) is 23.7. The van der Waals surface area contributed by atoms with E-state index in [2.05, 4.69) is 20.6 Å². The maximum Gasteiger partial charge on any atom is 0.324 e. The molecule has 11 heteroatoms. The number of aromatic nitrogens is 3. The number of pyridine rings is 1. The van der Waals surface area contributed by atoms with E-state index >= 15 is 4.39 Å².